The van der Waals surface area contributed by atoms with Crippen molar-refractivity contribution in [1.29, 1.82) is 0 Å². The van der Waals surface area contributed by atoms with Gasteiger partial charge in [-0.05, 0) is 48.7 Å². The summed E-state index contributed by atoms with van der Waals surface area (Å²) in [6, 6.07) is 10.1. The fourth-order valence-corrected chi connectivity index (χ4v) is 5.02. The number of H-pyrrole nitrogens is 1. The van der Waals surface area contributed by atoms with Gasteiger partial charge in [0.1, 0.15) is 5.82 Å². The topological polar surface area (TPSA) is 69.3 Å². The predicted molar refractivity (Wildman–Crippen MR) is 129 cm³/mol. The number of aryl methyl sites for hydroxylation is 2. The normalized spacial score (nSPS) is 14.4. The first kappa shape index (κ1) is 23.2. The summed E-state index contributed by atoms with van der Waals surface area (Å²) in [4.78, 5) is 30.0. The number of anilines is 1. The van der Waals surface area contributed by atoms with E-state index < -0.39 is 0 Å². The molecule has 2 aromatic heterocycles. The highest BCUT2D eigenvalue weighted by Gasteiger charge is 2.31. The summed E-state index contributed by atoms with van der Waals surface area (Å²) in [7, 11) is 0. The zero-order valence-electron chi connectivity index (χ0n) is 19.4. The number of aromatic nitrogens is 2. The maximum atomic E-state index is 13.1. The average Bonchev–Trinajstić information content (AvgIpc) is 3.47. The van der Waals surface area contributed by atoms with Gasteiger partial charge < -0.3 is 4.90 Å². The maximum absolute atomic E-state index is 13.1. The number of carbonyl (C=O) groups is 2. The largest absolute Gasteiger partial charge is 0.325 e. The van der Waals surface area contributed by atoms with Crippen LogP contribution in [0.3, 0.4) is 0 Å². The van der Waals surface area contributed by atoms with Gasteiger partial charge in [0.2, 0.25) is 0 Å². The molecule has 4 rings (SSSR count). The van der Waals surface area contributed by atoms with Crippen molar-refractivity contribution in [3.05, 3.63) is 69.6 Å². The van der Waals surface area contributed by atoms with Crippen molar-refractivity contribution >= 4 is 28.2 Å². The minimum absolute atomic E-state index is 0.0369. The third kappa shape index (κ3) is 5.16. The molecule has 1 saturated heterocycles. The molecule has 3 aromatic rings. The number of benzene rings is 1. The molecule has 0 spiro atoms. The lowest BCUT2D eigenvalue weighted by Crippen LogP contribution is -2.30. The quantitative estimate of drug-likeness (QED) is 0.467. The number of hydrogen-bond donors (Lipinski definition) is 1. The van der Waals surface area contributed by atoms with Crippen LogP contribution in [0.15, 0.2) is 36.4 Å². The van der Waals surface area contributed by atoms with Crippen molar-refractivity contribution < 1.29 is 14.0 Å². The molecule has 0 saturated carbocycles. The molecule has 1 N–H and O–H groups in total. The Hall–Kier alpha value is -3.00. The van der Waals surface area contributed by atoms with Crippen LogP contribution in [-0.2, 0) is 18.4 Å². The molecule has 8 heteroatoms. The summed E-state index contributed by atoms with van der Waals surface area (Å²) in [6.45, 7) is 9.83. The first-order valence-electron chi connectivity index (χ1n) is 11.1. The Bertz CT molecular complexity index is 1160. The molecule has 6 nitrogen and oxygen atoms in total. The fraction of sp³-hybridized carbons (Fsp3) is 0.400. The molecule has 174 valence electrons. The van der Waals surface area contributed by atoms with Gasteiger partial charge in [0.15, 0.2) is 5.78 Å². The van der Waals surface area contributed by atoms with Crippen LogP contribution >= 0.6 is 11.3 Å². The van der Waals surface area contributed by atoms with Crippen molar-refractivity contribution in [3.8, 4) is 0 Å². The molecule has 0 bridgehead atoms. The van der Waals surface area contributed by atoms with Crippen LogP contribution in [0.1, 0.15) is 59.4 Å². The Morgan fingerprint density at radius 3 is 2.58 bits per heavy atom. The Labute approximate surface area is 197 Å². The van der Waals surface area contributed by atoms with Gasteiger partial charge in [-0.25, -0.2) is 9.18 Å². The highest BCUT2D eigenvalue weighted by Crippen LogP contribution is 2.33. The molecule has 0 atom stereocenters. The number of Topliss-reactive ketones (excluding diaryl/α,β-unsaturated/α-hetero) is 1. The predicted octanol–water partition coefficient (Wildman–Crippen LogP) is 5.47. The SMILES string of the molecule is Cc1cc(N2CCN(Cc3ccc(F)cc3)C2=O)sc1C(=O)CCc1cc(C(C)(C)C)n[nH]1. The lowest BCUT2D eigenvalue weighted by Gasteiger charge is -2.17. The number of carbonyl (C=O) groups excluding carboxylic acids is 2. The average molecular weight is 469 g/mol. The second-order valence-corrected chi connectivity index (χ2v) is 10.6. The summed E-state index contributed by atoms with van der Waals surface area (Å²) in [5.74, 6) is -0.216. The first-order chi connectivity index (χ1) is 15.6. The molecule has 1 aliphatic heterocycles. The number of amides is 2. The van der Waals surface area contributed by atoms with E-state index in [9.17, 15) is 14.0 Å². The third-order valence-electron chi connectivity index (χ3n) is 5.83. The number of halogens is 1. The van der Waals surface area contributed by atoms with Gasteiger partial charge in [0.05, 0.1) is 15.6 Å². The highest BCUT2D eigenvalue weighted by molar-refractivity contribution is 7.18. The molecular formula is C25H29FN4O2S. The number of urea groups is 1. The zero-order valence-corrected chi connectivity index (χ0v) is 20.3. The number of hydrogen-bond acceptors (Lipinski definition) is 4. The minimum Gasteiger partial charge on any atom is -0.318 e. The summed E-state index contributed by atoms with van der Waals surface area (Å²) in [5, 5.41) is 8.19. The lowest BCUT2D eigenvalue weighted by molar-refractivity contribution is 0.0986. The van der Waals surface area contributed by atoms with E-state index in [1.165, 1.54) is 23.5 Å². The Morgan fingerprint density at radius 2 is 1.91 bits per heavy atom. The molecule has 0 radical (unpaired) electrons. The van der Waals surface area contributed by atoms with E-state index in [1.54, 1.807) is 21.9 Å². The third-order valence-corrected chi connectivity index (χ3v) is 7.13. The Morgan fingerprint density at radius 1 is 1.18 bits per heavy atom. The van der Waals surface area contributed by atoms with Crippen molar-refractivity contribution in [2.45, 2.75) is 52.5 Å². The van der Waals surface area contributed by atoms with Gasteiger partial charge in [-0.1, -0.05) is 32.9 Å². The van der Waals surface area contributed by atoms with Gasteiger partial charge in [0, 0.05) is 37.2 Å². The molecular weight excluding hydrogens is 439 g/mol. The van der Waals surface area contributed by atoms with E-state index >= 15 is 0 Å². The summed E-state index contributed by atoms with van der Waals surface area (Å²) < 4.78 is 13.1. The molecule has 33 heavy (non-hydrogen) atoms. The number of thiophene rings is 1. The van der Waals surface area contributed by atoms with Crippen LogP contribution in [0, 0.1) is 12.7 Å². The van der Waals surface area contributed by atoms with Gasteiger partial charge in [0.25, 0.3) is 0 Å². The summed E-state index contributed by atoms with van der Waals surface area (Å²) in [6.07, 6.45) is 0.986. The molecule has 3 heterocycles. The molecule has 0 unspecified atom stereocenters. The minimum atomic E-state index is -0.290. The van der Waals surface area contributed by atoms with Crippen LogP contribution in [0.4, 0.5) is 14.2 Å². The number of nitrogens with zero attached hydrogens (tertiary/aromatic N) is 3. The van der Waals surface area contributed by atoms with Crippen molar-refractivity contribution in [2.24, 2.45) is 0 Å². The van der Waals surface area contributed by atoms with Crippen LogP contribution in [0.25, 0.3) is 0 Å². The number of rotatable bonds is 7. The summed E-state index contributed by atoms with van der Waals surface area (Å²) >= 11 is 1.38. The van der Waals surface area contributed by atoms with E-state index in [0.717, 1.165) is 27.5 Å². The Balaban J connectivity index is 1.39. The first-order valence-corrected chi connectivity index (χ1v) is 11.9. The lowest BCUT2D eigenvalue weighted by atomic mass is 9.92. The second kappa shape index (κ2) is 9.09. The number of aromatic amines is 1. The van der Waals surface area contributed by atoms with Gasteiger partial charge >= 0.3 is 6.03 Å². The van der Waals surface area contributed by atoms with E-state index in [0.29, 0.717) is 37.4 Å². The molecule has 0 aliphatic carbocycles. The Kier molecular flexibility index (Phi) is 6.38. The van der Waals surface area contributed by atoms with Crippen molar-refractivity contribution in [3.63, 3.8) is 0 Å². The summed E-state index contributed by atoms with van der Waals surface area (Å²) in [5.41, 5.74) is 3.68. The van der Waals surface area contributed by atoms with E-state index in [4.69, 9.17) is 0 Å². The highest BCUT2D eigenvalue weighted by atomic mass is 32.1. The van der Waals surface area contributed by atoms with E-state index in [-0.39, 0.29) is 23.0 Å². The maximum Gasteiger partial charge on any atom is 0.325 e. The molecule has 1 aromatic carbocycles. The van der Waals surface area contributed by atoms with Crippen LogP contribution in [0.2, 0.25) is 0 Å². The number of nitrogens with one attached hydrogen (secondary N) is 1. The molecule has 1 aliphatic rings. The van der Waals surface area contributed by atoms with E-state index in [2.05, 4.69) is 31.0 Å². The second-order valence-electron chi connectivity index (χ2n) is 9.53. The van der Waals surface area contributed by atoms with Crippen molar-refractivity contribution in [1.82, 2.24) is 15.1 Å². The van der Waals surface area contributed by atoms with Crippen molar-refractivity contribution in [2.75, 3.05) is 18.0 Å². The van der Waals surface area contributed by atoms with Gasteiger partial charge in [-0.3, -0.25) is 14.8 Å². The zero-order chi connectivity index (χ0) is 23.8. The van der Waals surface area contributed by atoms with Crippen LogP contribution in [-0.4, -0.2) is 40.0 Å². The van der Waals surface area contributed by atoms with Crippen LogP contribution < -0.4 is 4.90 Å². The fourth-order valence-electron chi connectivity index (χ4n) is 3.85. The van der Waals surface area contributed by atoms with Gasteiger partial charge in [-0.2, -0.15) is 5.10 Å². The number of ketones is 1. The molecule has 1 fully saturated rings. The van der Waals surface area contributed by atoms with E-state index in [1.807, 2.05) is 19.1 Å². The molecule has 2 amide bonds. The monoisotopic (exact) mass is 468 g/mol. The van der Waals surface area contributed by atoms with Gasteiger partial charge in [-0.15, -0.1) is 11.3 Å². The smallest absolute Gasteiger partial charge is 0.318 e. The standard InChI is InChI=1S/C25H29FN4O2S/c1-16-13-22(30-12-11-29(24(30)32)15-17-5-7-18(26)8-6-17)33-23(16)20(31)10-9-19-14-21(28-27-19)25(2,3)4/h5-8,13-14H,9-12,15H2,1-4H3,(H,27,28). The van der Waals surface area contributed by atoms with Crippen LogP contribution in [0.5, 0.6) is 0 Å².